The van der Waals surface area contributed by atoms with Crippen molar-refractivity contribution >= 4 is 40.7 Å². The van der Waals surface area contributed by atoms with Gasteiger partial charge >= 0.3 is 0 Å². The maximum absolute atomic E-state index is 13.4. The number of amides is 4. The van der Waals surface area contributed by atoms with Crippen molar-refractivity contribution in [2.24, 2.45) is 0 Å². The number of nitrogens with one attached hydrogen (secondary N) is 2. The van der Waals surface area contributed by atoms with Crippen LogP contribution in [0.2, 0.25) is 0 Å². The number of fused-ring (bicyclic) bond motifs is 5. The van der Waals surface area contributed by atoms with E-state index in [0.717, 1.165) is 5.56 Å². The predicted octanol–water partition coefficient (Wildman–Crippen LogP) is 3.79. The third-order valence-corrected chi connectivity index (χ3v) is 5.95. The van der Waals surface area contributed by atoms with Crippen molar-refractivity contribution < 1.29 is 19.2 Å². The first-order valence-electron chi connectivity index (χ1n) is 10.9. The monoisotopic (exact) mass is 454 g/mol. The zero-order valence-corrected chi connectivity index (χ0v) is 18.4. The highest BCUT2D eigenvalue weighted by atomic mass is 16.2. The summed E-state index contributed by atoms with van der Waals surface area (Å²) in [5, 5.41) is 5.49. The molecular weight excluding hydrogens is 432 g/mol. The Bertz CT molecular complexity index is 1320. The second-order valence-electron chi connectivity index (χ2n) is 8.21. The van der Waals surface area contributed by atoms with E-state index in [-0.39, 0.29) is 36.6 Å². The fourth-order valence-corrected chi connectivity index (χ4v) is 4.49. The number of anilines is 3. The Hall–Kier alpha value is -4.46. The molecule has 34 heavy (non-hydrogen) atoms. The van der Waals surface area contributed by atoms with Gasteiger partial charge in [0, 0.05) is 42.4 Å². The quantitative estimate of drug-likeness (QED) is 0.613. The highest BCUT2D eigenvalue weighted by Gasteiger charge is 2.47. The molecule has 1 atom stereocenters. The topological polar surface area (TPSA) is 98.8 Å². The first-order chi connectivity index (χ1) is 16.4. The molecule has 170 valence electrons. The van der Waals surface area contributed by atoms with Crippen LogP contribution < -0.4 is 15.5 Å². The van der Waals surface area contributed by atoms with Gasteiger partial charge in [-0.25, -0.2) is 0 Å². The number of hydrogen-bond acceptors (Lipinski definition) is 4. The maximum Gasteiger partial charge on any atom is 0.260 e. The molecule has 2 heterocycles. The average Bonchev–Trinajstić information content (AvgIpc) is 3.13. The zero-order valence-electron chi connectivity index (χ0n) is 18.4. The largest absolute Gasteiger partial charge is 0.326 e. The van der Waals surface area contributed by atoms with Crippen molar-refractivity contribution in [1.82, 2.24) is 4.90 Å². The Morgan fingerprint density at radius 1 is 0.794 bits per heavy atom. The van der Waals surface area contributed by atoms with Gasteiger partial charge < -0.3 is 15.5 Å². The summed E-state index contributed by atoms with van der Waals surface area (Å²) in [5.41, 5.74) is 3.55. The van der Waals surface area contributed by atoms with E-state index in [2.05, 4.69) is 10.6 Å². The Kier molecular flexibility index (Phi) is 5.33. The molecule has 0 saturated heterocycles. The van der Waals surface area contributed by atoms with E-state index >= 15 is 0 Å². The van der Waals surface area contributed by atoms with Crippen LogP contribution in [0.5, 0.6) is 0 Å². The molecule has 0 aromatic heterocycles. The van der Waals surface area contributed by atoms with Crippen LogP contribution in [0.25, 0.3) is 0 Å². The van der Waals surface area contributed by atoms with E-state index in [1.54, 1.807) is 70.5 Å². The molecular formula is C26H22N4O4. The van der Waals surface area contributed by atoms with Gasteiger partial charge in [0.1, 0.15) is 6.17 Å². The molecule has 0 spiro atoms. The Balaban J connectivity index is 1.36. The summed E-state index contributed by atoms with van der Waals surface area (Å²) >= 11 is 0. The summed E-state index contributed by atoms with van der Waals surface area (Å²) in [6.45, 7) is 1.57. The first kappa shape index (κ1) is 21.4. The molecule has 0 aliphatic carbocycles. The molecule has 2 aliphatic heterocycles. The fraction of sp³-hybridized carbons (Fsp3) is 0.154. The van der Waals surface area contributed by atoms with Gasteiger partial charge in [0.25, 0.3) is 11.8 Å². The van der Waals surface area contributed by atoms with Crippen LogP contribution in [0.4, 0.5) is 17.1 Å². The molecule has 8 nitrogen and oxygen atoms in total. The maximum atomic E-state index is 13.4. The molecule has 2 N–H and O–H groups in total. The molecule has 0 unspecified atom stereocenters. The van der Waals surface area contributed by atoms with Crippen molar-refractivity contribution in [3.63, 3.8) is 0 Å². The predicted molar refractivity (Wildman–Crippen MR) is 127 cm³/mol. The number of benzene rings is 3. The molecule has 0 radical (unpaired) electrons. The lowest BCUT2D eigenvalue weighted by atomic mass is 10.0. The smallest absolute Gasteiger partial charge is 0.260 e. The van der Waals surface area contributed by atoms with Gasteiger partial charge in [-0.05, 0) is 42.5 Å². The highest BCUT2D eigenvalue weighted by Crippen LogP contribution is 2.45. The second-order valence-corrected chi connectivity index (χ2v) is 8.21. The van der Waals surface area contributed by atoms with Gasteiger partial charge in [0.15, 0.2) is 0 Å². The normalized spacial score (nSPS) is 16.0. The number of nitrogens with zero attached hydrogens (tertiary/aromatic N) is 2. The van der Waals surface area contributed by atoms with Gasteiger partial charge in [0.2, 0.25) is 11.8 Å². The Labute approximate surface area is 196 Å². The highest BCUT2D eigenvalue weighted by molar-refractivity contribution is 6.16. The van der Waals surface area contributed by atoms with Crippen LogP contribution in [-0.2, 0) is 9.59 Å². The van der Waals surface area contributed by atoms with E-state index in [4.69, 9.17) is 0 Å². The van der Waals surface area contributed by atoms with Gasteiger partial charge in [0.05, 0.1) is 11.3 Å². The molecule has 3 aromatic carbocycles. The standard InChI is InChI=1S/C26H22N4O4/c1-16(31)27-17-10-12-18(13-11-17)28-23(32)14-15-29-24-19-6-2-3-7-20(19)26(34)30(24)22-9-5-4-8-21(22)25(29)33/h2-13,24H,14-15H2,1H3,(H,27,31)(H,28,32)/t24-/m0/s1. The van der Waals surface area contributed by atoms with Crippen LogP contribution in [0, 0.1) is 0 Å². The van der Waals surface area contributed by atoms with Gasteiger partial charge in [-0.3, -0.25) is 24.1 Å². The Morgan fingerprint density at radius 3 is 2.12 bits per heavy atom. The molecule has 8 heteroatoms. The lowest BCUT2D eigenvalue weighted by molar-refractivity contribution is -0.116. The van der Waals surface area contributed by atoms with E-state index in [0.29, 0.717) is 28.2 Å². The molecule has 0 saturated carbocycles. The summed E-state index contributed by atoms with van der Waals surface area (Å²) in [5.74, 6) is -0.809. The summed E-state index contributed by atoms with van der Waals surface area (Å²) in [6, 6.07) is 21.1. The minimum Gasteiger partial charge on any atom is -0.326 e. The van der Waals surface area contributed by atoms with Gasteiger partial charge in [-0.15, -0.1) is 0 Å². The summed E-state index contributed by atoms with van der Waals surface area (Å²) in [7, 11) is 0. The SMILES string of the molecule is CC(=O)Nc1ccc(NC(=O)CCN2C(=O)c3ccccc3N3C(=O)c4ccccc4[C@@H]23)cc1. The van der Waals surface area contributed by atoms with Gasteiger partial charge in [-0.2, -0.15) is 0 Å². The van der Waals surface area contributed by atoms with Crippen molar-refractivity contribution in [3.05, 3.63) is 89.5 Å². The molecule has 0 bridgehead atoms. The molecule has 2 aliphatic rings. The van der Waals surface area contributed by atoms with Crippen molar-refractivity contribution in [2.45, 2.75) is 19.5 Å². The third-order valence-electron chi connectivity index (χ3n) is 5.95. The van der Waals surface area contributed by atoms with Crippen LogP contribution in [0.1, 0.15) is 45.8 Å². The van der Waals surface area contributed by atoms with Crippen molar-refractivity contribution in [1.29, 1.82) is 0 Å². The van der Waals surface area contributed by atoms with E-state index in [9.17, 15) is 19.2 Å². The van der Waals surface area contributed by atoms with Crippen LogP contribution in [0.15, 0.2) is 72.8 Å². The Morgan fingerprint density at radius 2 is 1.41 bits per heavy atom. The lowest BCUT2D eigenvalue weighted by Gasteiger charge is -2.40. The minimum absolute atomic E-state index is 0.0576. The zero-order chi connectivity index (χ0) is 23.8. The van der Waals surface area contributed by atoms with Crippen molar-refractivity contribution in [3.8, 4) is 0 Å². The third kappa shape index (κ3) is 3.69. The molecule has 4 amide bonds. The van der Waals surface area contributed by atoms with Crippen LogP contribution in [-0.4, -0.2) is 35.1 Å². The van der Waals surface area contributed by atoms with E-state index in [1.165, 1.54) is 6.92 Å². The number of hydrogen-bond donors (Lipinski definition) is 2. The number of rotatable bonds is 5. The summed E-state index contributed by atoms with van der Waals surface area (Å²) in [4.78, 5) is 53.7. The van der Waals surface area contributed by atoms with Crippen LogP contribution >= 0.6 is 0 Å². The molecule has 3 aromatic rings. The summed E-state index contributed by atoms with van der Waals surface area (Å²) < 4.78 is 0. The number of para-hydroxylation sites is 1. The number of carbonyl (C=O) groups is 4. The first-order valence-corrected chi connectivity index (χ1v) is 10.9. The molecule has 5 rings (SSSR count). The van der Waals surface area contributed by atoms with Crippen LogP contribution in [0.3, 0.4) is 0 Å². The minimum atomic E-state index is -0.587. The van der Waals surface area contributed by atoms with Crippen molar-refractivity contribution in [2.75, 3.05) is 22.1 Å². The lowest BCUT2D eigenvalue weighted by Crippen LogP contribution is -2.48. The second kappa shape index (κ2) is 8.47. The molecule has 0 fully saturated rings. The van der Waals surface area contributed by atoms with E-state index in [1.807, 2.05) is 12.1 Å². The average molecular weight is 454 g/mol. The fourth-order valence-electron chi connectivity index (χ4n) is 4.49. The number of carbonyl (C=O) groups excluding carboxylic acids is 4. The van der Waals surface area contributed by atoms with Gasteiger partial charge in [-0.1, -0.05) is 30.3 Å². The summed E-state index contributed by atoms with van der Waals surface area (Å²) in [6.07, 6.45) is -0.530. The van der Waals surface area contributed by atoms with E-state index < -0.39 is 6.17 Å².